The van der Waals surface area contributed by atoms with Crippen molar-refractivity contribution in [2.45, 2.75) is 18.9 Å². The zero-order valence-electron chi connectivity index (χ0n) is 8.73. The number of anilines is 1. The largest absolute Gasteiger partial charge is 0.354 e. The molecule has 1 saturated carbocycles. The second kappa shape index (κ2) is 4.33. The number of nitrogens with two attached hydrogens (primary N) is 1. The quantitative estimate of drug-likeness (QED) is 0.841. The van der Waals surface area contributed by atoms with Crippen molar-refractivity contribution in [2.24, 2.45) is 11.7 Å². The highest BCUT2D eigenvalue weighted by atomic mass is 35.5. The van der Waals surface area contributed by atoms with Gasteiger partial charge in [0.05, 0.1) is 0 Å². The molecule has 1 aliphatic carbocycles. The van der Waals surface area contributed by atoms with Crippen molar-refractivity contribution in [3.05, 3.63) is 17.3 Å². The number of rotatable bonds is 4. The van der Waals surface area contributed by atoms with Crippen LogP contribution in [0.2, 0.25) is 5.15 Å². The summed E-state index contributed by atoms with van der Waals surface area (Å²) in [6.45, 7) is 0.658. The summed E-state index contributed by atoms with van der Waals surface area (Å²) in [6, 6.07) is 4.00. The van der Waals surface area contributed by atoms with E-state index in [4.69, 9.17) is 17.3 Å². The van der Waals surface area contributed by atoms with Crippen LogP contribution in [0.15, 0.2) is 12.1 Å². The molecule has 0 saturated heterocycles. The second-order valence-corrected chi connectivity index (χ2v) is 4.35. The topological polar surface area (TPSA) is 55.0 Å². The second-order valence-electron chi connectivity index (χ2n) is 3.97. The van der Waals surface area contributed by atoms with Crippen molar-refractivity contribution >= 4 is 17.4 Å². The minimum Gasteiger partial charge on any atom is -0.354 e. The monoisotopic (exact) mass is 226 g/mol. The summed E-state index contributed by atoms with van der Waals surface area (Å²) in [4.78, 5) is 2.10. The molecular weight excluding hydrogens is 212 g/mol. The molecule has 2 rings (SSSR count). The first-order valence-electron chi connectivity index (χ1n) is 5.14. The third-order valence-corrected chi connectivity index (χ3v) is 3.09. The lowest BCUT2D eigenvalue weighted by molar-refractivity contribution is 0.564. The maximum Gasteiger partial charge on any atom is 0.151 e. The van der Waals surface area contributed by atoms with Gasteiger partial charge in [-0.1, -0.05) is 11.6 Å². The molecule has 82 valence electrons. The SMILES string of the molecule is CN(c1ccc(Cl)nn1)C(CN)C1CC1. The van der Waals surface area contributed by atoms with Crippen LogP contribution in [-0.4, -0.2) is 29.8 Å². The van der Waals surface area contributed by atoms with Crippen molar-refractivity contribution in [1.82, 2.24) is 10.2 Å². The fourth-order valence-corrected chi connectivity index (χ4v) is 1.92. The molecule has 0 radical (unpaired) electrons. The van der Waals surface area contributed by atoms with Gasteiger partial charge in [0.1, 0.15) is 0 Å². The number of hydrogen-bond acceptors (Lipinski definition) is 4. The van der Waals surface area contributed by atoms with Crippen LogP contribution in [0.25, 0.3) is 0 Å². The first kappa shape index (κ1) is 10.6. The smallest absolute Gasteiger partial charge is 0.151 e. The van der Waals surface area contributed by atoms with Crippen LogP contribution in [0, 0.1) is 5.92 Å². The Balaban J connectivity index is 2.11. The summed E-state index contributed by atoms with van der Waals surface area (Å²) in [6.07, 6.45) is 2.54. The molecular formula is C10H15ClN4. The van der Waals surface area contributed by atoms with E-state index in [-0.39, 0.29) is 0 Å². The van der Waals surface area contributed by atoms with Crippen molar-refractivity contribution in [3.63, 3.8) is 0 Å². The van der Waals surface area contributed by atoms with E-state index >= 15 is 0 Å². The molecule has 1 heterocycles. The minimum absolute atomic E-state index is 0.375. The van der Waals surface area contributed by atoms with Gasteiger partial charge in [-0.15, -0.1) is 10.2 Å². The molecule has 1 aromatic rings. The molecule has 0 bridgehead atoms. The van der Waals surface area contributed by atoms with Crippen LogP contribution in [0.3, 0.4) is 0 Å². The summed E-state index contributed by atoms with van der Waals surface area (Å²) < 4.78 is 0. The van der Waals surface area contributed by atoms with E-state index in [0.717, 1.165) is 11.7 Å². The number of likely N-dealkylation sites (N-methyl/N-ethyl adjacent to an activating group) is 1. The lowest BCUT2D eigenvalue weighted by Gasteiger charge is -2.27. The average Bonchev–Trinajstić information content (AvgIpc) is 3.04. The van der Waals surface area contributed by atoms with Crippen LogP contribution in [0.4, 0.5) is 5.82 Å². The first-order valence-corrected chi connectivity index (χ1v) is 5.52. The van der Waals surface area contributed by atoms with Gasteiger partial charge in [0.2, 0.25) is 0 Å². The van der Waals surface area contributed by atoms with Gasteiger partial charge in [0.25, 0.3) is 0 Å². The molecule has 1 fully saturated rings. The average molecular weight is 227 g/mol. The maximum atomic E-state index is 5.77. The van der Waals surface area contributed by atoms with E-state index in [1.807, 2.05) is 13.1 Å². The van der Waals surface area contributed by atoms with Crippen LogP contribution in [0.1, 0.15) is 12.8 Å². The fraction of sp³-hybridized carbons (Fsp3) is 0.600. The predicted molar refractivity (Wildman–Crippen MR) is 61.0 cm³/mol. The van der Waals surface area contributed by atoms with E-state index in [0.29, 0.717) is 17.7 Å². The third kappa shape index (κ3) is 2.38. The van der Waals surface area contributed by atoms with Gasteiger partial charge in [-0.2, -0.15) is 0 Å². The fourth-order valence-electron chi connectivity index (χ4n) is 1.81. The van der Waals surface area contributed by atoms with Gasteiger partial charge in [-0.3, -0.25) is 0 Å². The van der Waals surface area contributed by atoms with E-state index in [1.165, 1.54) is 12.8 Å². The van der Waals surface area contributed by atoms with Gasteiger partial charge in [0.15, 0.2) is 11.0 Å². The number of hydrogen-bond donors (Lipinski definition) is 1. The minimum atomic E-state index is 0.375. The summed E-state index contributed by atoms with van der Waals surface area (Å²) in [5.41, 5.74) is 5.77. The number of nitrogens with zero attached hydrogens (tertiary/aromatic N) is 3. The predicted octanol–water partition coefficient (Wildman–Crippen LogP) is 1.30. The molecule has 1 unspecified atom stereocenters. The van der Waals surface area contributed by atoms with Crippen LogP contribution >= 0.6 is 11.6 Å². The molecule has 1 aromatic heterocycles. The zero-order chi connectivity index (χ0) is 10.8. The standard InChI is InChI=1S/C10H15ClN4/c1-15(8(6-12)7-2-3-7)10-5-4-9(11)13-14-10/h4-5,7-8H,2-3,6,12H2,1H3. The molecule has 1 atom stereocenters. The Hall–Kier alpha value is -0.870. The van der Waals surface area contributed by atoms with Gasteiger partial charge < -0.3 is 10.6 Å². The Bertz CT molecular complexity index is 323. The molecule has 0 aromatic carbocycles. The molecule has 0 spiro atoms. The van der Waals surface area contributed by atoms with Crippen molar-refractivity contribution < 1.29 is 0 Å². The highest BCUT2D eigenvalue weighted by Gasteiger charge is 2.33. The van der Waals surface area contributed by atoms with E-state index < -0.39 is 0 Å². The molecule has 0 aliphatic heterocycles. The van der Waals surface area contributed by atoms with Crippen LogP contribution in [-0.2, 0) is 0 Å². The van der Waals surface area contributed by atoms with Gasteiger partial charge in [-0.25, -0.2) is 0 Å². The summed E-state index contributed by atoms with van der Waals surface area (Å²) in [5.74, 6) is 1.55. The Morgan fingerprint density at radius 3 is 2.73 bits per heavy atom. The molecule has 5 heteroatoms. The molecule has 1 aliphatic rings. The van der Waals surface area contributed by atoms with Crippen molar-refractivity contribution in [1.29, 1.82) is 0 Å². The zero-order valence-corrected chi connectivity index (χ0v) is 9.48. The van der Waals surface area contributed by atoms with Crippen LogP contribution in [0.5, 0.6) is 0 Å². The van der Waals surface area contributed by atoms with E-state index in [1.54, 1.807) is 6.07 Å². The molecule has 15 heavy (non-hydrogen) atoms. The molecule has 4 nitrogen and oxygen atoms in total. The van der Waals surface area contributed by atoms with Gasteiger partial charge in [-0.05, 0) is 30.9 Å². The molecule has 2 N–H and O–H groups in total. The lowest BCUT2D eigenvalue weighted by atomic mass is 10.1. The van der Waals surface area contributed by atoms with Crippen molar-refractivity contribution in [3.8, 4) is 0 Å². The maximum absolute atomic E-state index is 5.77. The van der Waals surface area contributed by atoms with Gasteiger partial charge >= 0.3 is 0 Å². The Kier molecular flexibility index (Phi) is 3.07. The number of aromatic nitrogens is 2. The van der Waals surface area contributed by atoms with Gasteiger partial charge in [0, 0.05) is 19.6 Å². The Morgan fingerprint density at radius 1 is 1.53 bits per heavy atom. The molecule has 0 amide bonds. The van der Waals surface area contributed by atoms with Crippen LogP contribution < -0.4 is 10.6 Å². The Labute approximate surface area is 94.4 Å². The highest BCUT2D eigenvalue weighted by Crippen LogP contribution is 2.35. The summed E-state index contributed by atoms with van der Waals surface area (Å²) in [7, 11) is 2.01. The van der Waals surface area contributed by atoms with E-state index in [9.17, 15) is 0 Å². The normalized spacial score (nSPS) is 17.5. The first-order chi connectivity index (χ1) is 7.22. The lowest BCUT2D eigenvalue weighted by Crippen LogP contribution is -2.40. The summed E-state index contributed by atoms with van der Waals surface area (Å²) >= 11 is 5.69. The third-order valence-electron chi connectivity index (χ3n) is 2.88. The highest BCUT2D eigenvalue weighted by molar-refractivity contribution is 6.29. The van der Waals surface area contributed by atoms with E-state index in [2.05, 4.69) is 15.1 Å². The summed E-state index contributed by atoms with van der Waals surface area (Å²) in [5, 5.41) is 8.29. The number of halogens is 1. The van der Waals surface area contributed by atoms with Crippen molar-refractivity contribution in [2.75, 3.05) is 18.5 Å². The Morgan fingerprint density at radius 2 is 2.27 bits per heavy atom.